The number of alkyl carbamates (subject to hydrolysis) is 2. The minimum absolute atomic E-state index is 0.110. The van der Waals surface area contributed by atoms with Gasteiger partial charge in [-0.3, -0.25) is 9.59 Å². The van der Waals surface area contributed by atoms with Gasteiger partial charge in [-0.05, 0) is 80.5 Å². The van der Waals surface area contributed by atoms with Crippen molar-refractivity contribution in [2.75, 3.05) is 27.3 Å². The molecular formula is C48H59N9O6. The minimum atomic E-state index is -0.791. The summed E-state index contributed by atoms with van der Waals surface area (Å²) in [6.45, 7) is 12.6. The number of likely N-dealkylation sites (tertiary alicyclic amines) is 2. The van der Waals surface area contributed by atoms with Crippen LogP contribution in [0.3, 0.4) is 0 Å². The zero-order chi connectivity index (χ0) is 45.2. The SMILES string of the molecule is C#C[C@H]1CCC(c2ncc(-c3ccc(-c4ccc(-c5cnc([C@@]6(C)CCCCN6C(=O)[C@@H](NC(=O)OC)C(C)C)[nH]5)cc4)c4cc(C)[nH]c34)[nH]2)N(C(=O)[C@@H](NC(=O)OC)C(C)C)C1. The molecule has 5 heterocycles. The van der Waals surface area contributed by atoms with Gasteiger partial charge in [-0.2, -0.15) is 0 Å². The second kappa shape index (κ2) is 18.4. The van der Waals surface area contributed by atoms with E-state index in [1.807, 2.05) is 52.6 Å². The van der Waals surface area contributed by atoms with Crippen molar-refractivity contribution < 1.29 is 28.7 Å². The Labute approximate surface area is 368 Å². The number of hydrogen-bond acceptors (Lipinski definition) is 8. The van der Waals surface area contributed by atoms with Gasteiger partial charge < -0.3 is 44.9 Å². The average molecular weight is 858 g/mol. The van der Waals surface area contributed by atoms with Crippen LogP contribution in [0.1, 0.15) is 90.1 Å². The van der Waals surface area contributed by atoms with Gasteiger partial charge in [-0.25, -0.2) is 19.6 Å². The third-order valence-corrected chi connectivity index (χ3v) is 12.8. The standard InChI is InChI=1S/C48H59N9O6/c1-10-30-13-20-38(56(26-30)43(58)39(27(2)3)54-46(60)62-8)42-49-25-37(52-42)34-19-18-33(35-23-29(6)51-41(34)35)31-14-16-32(17-15-31)36-24-50-45(53-36)48(7)21-11-12-22-57(48)44(59)40(28(4)5)55-47(61)63-9/h1,14-19,23-25,27-28,30,38-40,51H,11-13,20-22,26H2,2-9H3,(H,49,52)(H,50,53)(H,54,60)(H,55,61)/t30-,38?,39-,40-,48+/m0/s1. The molecular weight excluding hydrogens is 799 g/mol. The van der Waals surface area contributed by atoms with Crippen molar-refractivity contribution in [2.24, 2.45) is 17.8 Å². The molecule has 0 saturated carbocycles. The molecule has 5 atom stereocenters. The van der Waals surface area contributed by atoms with Crippen LogP contribution in [-0.4, -0.2) is 98.1 Å². The summed E-state index contributed by atoms with van der Waals surface area (Å²) >= 11 is 0. The summed E-state index contributed by atoms with van der Waals surface area (Å²) in [5.74, 6) is 3.36. The van der Waals surface area contributed by atoms with E-state index in [2.05, 4.69) is 74.0 Å². The van der Waals surface area contributed by atoms with E-state index in [-0.39, 0.29) is 35.6 Å². The number of amides is 4. The van der Waals surface area contributed by atoms with Crippen LogP contribution in [0.5, 0.6) is 0 Å². The van der Waals surface area contributed by atoms with E-state index in [1.54, 1.807) is 11.1 Å². The number of carbonyl (C=O) groups is 4. The van der Waals surface area contributed by atoms with Crippen molar-refractivity contribution in [1.82, 2.24) is 45.4 Å². The molecule has 2 saturated heterocycles. The van der Waals surface area contributed by atoms with Gasteiger partial charge in [0.1, 0.15) is 23.7 Å². The van der Waals surface area contributed by atoms with E-state index in [0.29, 0.717) is 31.2 Å². The number of methoxy groups -OCH3 is 2. The molecule has 2 aliphatic rings. The van der Waals surface area contributed by atoms with Crippen LogP contribution >= 0.6 is 0 Å². The second-order valence-corrected chi connectivity index (χ2v) is 17.7. The number of nitrogens with one attached hydrogen (secondary N) is 5. The molecule has 2 aliphatic heterocycles. The highest BCUT2D eigenvalue weighted by molar-refractivity contribution is 6.03. The Kier molecular flexibility index (Phi) is 13.0. The molecule has 63 heavy (non-hydrogen) atoms. The summed E-state index contributed by atoms with van der Waals surface area (Å²) in [6, 6.07) is 12.8. The fourth-order valence-electron chi connectivity index (χ4n) is 9.14. The summed E-state index contributed by atoms with van der Waals surface area (Å²) in [5, 5.41) is 6.50. The lowest BCUT2D eigenvalue weighted by Crippen LogP contribution is -2.58. The van der Waals surface area contributed by atoms with Crippen LogP contribution in [0.25, 0.3) is 44.5 Å². The number of ether oxygens (including phenoxy) is 2. The summed E-state index contributed by atoms with van der Waals surface area (Å²) in [5.41, 5.74) is 6.90. The van der Waals surface area contributed by atoms with Crippen molar-refractivity contribution in [1.29, 1.82) is 0 Å². The maximum absolute atomic E-state index is 14.1. The number of imidazole rings is 2. The second-order valence-electron chi connectivity index (χ2n) is 17.7. The lowest BCUT2D eigenvalue weighted by Gasteiger charge is -2.45. The third kappa shape index (κ3) is 8.89. The van der Waals surface area contributed by atoms with Crippen molar-refractivity contribution in [3.05, 3.63) is 72.2 Å². The number of fused-ring (bicyclic) bond motifs is 1. The first-order chi connectivity index (χ1) is 30.2. The van der Waals surface area contributed by atoms with E-state index in [1.165, 1.54) is 14.2 Å². The molecule has 3 aromatic heterocycles. The smallest absolute Gasteiger partial charge is 0.407 e. The normalized spacial score (nSPS) is 20.0. The maximum atomic E-state index is 14.1. The zero-order valence-corrected chi connectivity index (χ0v) is 37.4. The van der Waals surface area contributed by atoms with Crippen LogP contribution < -0.4 is 10.6 Å². The maximum Gasteiger partial charge on any atom is 0.407 e. The first-order valence-corrected chi connectivity index (χ1v) is 21.8. The van der Waals surface area contributed by atoms with Gasteiger partial charge in [0, 0.05) is 35.7 Å². The number of aromatic nitrogens is 5. The third-order valence-electron chi connectivity index (χ3n) is 12.8. The Hall–Kier alpha value is -6.56. The monoisotopic (exact) mass is 857 g/mol. The highest BCUT2D eigenvalue weighted by atomic mass is 16.5. The quantitative estimate of drug-likeness (QED) is 0.0831. The van der Waals surface area contributed by atoms with Crippen LogP contribution in [0, 0.1) is 37.0 Å². The highest BCUT2D eigenvalue weighted by Gasteiger charge is 2.44. The molecule has 0 spiro atoms. The van der Waals surface area contributed by atoms with Gasteiger partial charge >= 0.3 is 12.2 Å². The molecule has 0 aliphatic carbocycles. The van der Waals surface area contributed by atoms with Gasteiger partial charge in [-0.1, -0.05) is 64.1 Å². The fraction of sp³-hybridized carbons (Fsp3) is 0.458. The Balaban J connectivity index is 1.13. The number of benzene rings is 2. The van der Waals surface area contributed by atoms with Gasteiger partial charge in [0.25, 0.3) is 0 Å². The topological polar surface area (TPSA) is 190 Å². The number of rotatable bonds is 11. The predicted molar refractivity (Wildman–Crippen MR) is 241 cm³/mol. The van der Waals surface area contributed by atoms with E-state index in [4.69, 9.17) is 25.9 Å². The van der Waals surface area contributed by atoms with Crippen molar-refractivity contribution in [2.45, 2.75) is 97.3 Å². The Bertz CT molecular complexity index is 2510. The molecule has 15 nitrogen and oxygen atoms in total. The number of nitrogens with zero attached hydrogens (tertiary/aromatic N) is 4. The van der Waals surface area contributed by atoms with E-state index < -0.39 is 29.8 Å². The largest absolute Gasteiger partial charge is 0.453 e. The number of aromatic amines is 3. The molecule has 5 N–H and O–H groups in total. The van der Waals surface area contributed by atoms with E-state index in [9.17, 15) is 19.2 Å². The first-order valence-electron chi connectivity index (χ1n) is 21.8. The summed E-state index contributed by atoms with van der Waals surface area (Å²) in [7, 11) is 2.57. The Morgan fingerprint density at radius 1 is 0.825 bits per heavy atom. The van der Waals surface area contributed by atoms with Crippen LogP contribution in [-0.2, 0) is 24.6 Å². The molecule has 0 bridgehead atoms. The average Bonchev–Trinajstić information content (AvgIpc) is 4.07. The Morgan fingerprint density at radius 2 is 1.46 bits per heavy atom. The number of terminal acetylenes is 1. The zero-order valence-electron chi connectivity index (χ0n) is 37.4. The minimum Gasteiger partial charge on any atom is -0.453 e. The van der Waals surface area contributed by atoms with Crippen molar-refractivity contribution >= 4 is 34.9 Å². The fourth-order valence-corrected chi connectivity index (χ4v) is 9.14. The van der Waals surface area contributed by atoms with Crippen molar-refractivity contribution in [3.8, 4) is 46.0 Å². The van der Waals surface area contributed by atoms with Crippen molar-refractivity contribution in [3.63, 3.8) is 0 Å². The molecule has 2 fully saturated rings. The number of hydrogen-bond donors (Lipinski definition) is 5. The van der Waals surface area contributed by atoms with Crippen LogP contribution in [0.15, 0.2) is 54.9 Å². The van der Waals surface area contributed by atoms with Gasteiger partial charge in [0.05, 0.1) is 55.1 Å². The molecule has 332 valence electrons. The molecule has 0 radical (unpaired) electrons. The van der Waals surface area contributed by atoms with Crippen LogP contribution in [0.4, 0.5) is 9.59 Å². The summed E-state index contributed by atoms with van der Waals surface area (Å²) in [4.78, 5) is 76.3. The number of carbonyl (C=O) groups excluding carboxylic acids is 4. The highest BCUT2D eigenvalue weighted by Crippen LogP contribution is 2.40. The molecule has 1 unspecified atom stereocenters. The van der Waals surface area contributed by atoms with Gasteiger partial charge in [0.15, 0.2) is 0 Å². The van der Waals surface area contributed by atoms with Gasteiger partial charge in [-0.15, -0.1) is 12.3 Å². The Morgan fingerprint density at radius 3 is 2.11 bits per heavy atom. The predicted octanol–water partition coefficient (Wildman–Crippen LogP) is 7.83. The molecule has 15 heteroatoms. The number of piperidine rings is 2. The first kappa shape index (κ1) is 44.5. The lowest BCUT2D eigenvalue weighted by atomic mass is 9.86. The molecule has 2 aromatic carbocycles. The van der Waals surface area contributed by atoms with E-state index in [0.717, 1.165) is 75.9 Å². The van der Waals surface area contributed by atoms with Crippen LogP contribution in [0.2, 0.25) is 0 Å². The van der Waals surface area contributed by atoms with E-state index >= 15 is 0 Å². The number of H-pyrrole nitrogens is 3. The lowest BCUT2D eigenvalue weighted by molar-refractivity contribution is -0.143. The summed E-state index contributed by atoms with van der Waals surface area (Å²) in [6.07, 6.45) is 12.1. The molecule has 5 aromatic rings. The summed E-state index contributed by atoms with van der Waals surface area (Å²) < 4.78 is 9.65. The molecule has 7 rings (SSSR count). The number of aryl methyl sites for hydroxylation is 1. The molecule has 4 amide bonds. The van der Waals surface area contributed by atoms with Gasteiger partial charge in [0.2, 0.25) is 11.8 Å².